The third-order valence-corrected chi connectivity index (χ3v) is 3.22. The van der Waals surface area contributed by atoms with Gasteiger partial charge in [0.15, 0.2) is 0 Å². The van der Waals surface area contributed by atoms with Gasteiger partial charge in [0.25, 0.3) is 0 Å². The van der Waals surface area contributed by atoms with Crippen LogP contribution >= 0.6 is 0 Å². The molecule has 0 N–H and O–H groups in total. The predicted molar refractivity (Wildman–Crippen MR) is 68.9 cm³/mol. The molecule has 2 rings (SSSR count). The molecular weight excluding hydrogens is 231 g/mol. The van der Waals surface area contributed by atoms with Crippen LogP contribution in [0.25, 0.3) is 0 Å². The number of halogens is 1. The number of hydrogen-bond acceptors (Lipinski definition) is 2. The van der Waals surface area contributed by atoms with E-state index in [4.69, 9.17) is 0 Å². The number of rotatable bonds is 5. The molecule has 1 aromatic rings. The first-order valence-corrected chi connectivity index (χ1v) is 6.30. The van der Waals surface area contributed by atoms with Crippen molar-refractivity contribution >= 4 is 12.1 Å². The van der Waals surface area contributed by atoms with Crippen LogP contribution in [0.1, 0.15) is 37.7 Å². The minimum absolute atomic E-state index is 0.0945. The van der Waals surface area contributed by atoms with Crippen LogP contribution in [0.2, 0.25) is 0 Å². The number of benzene rings is 1. The Balaban J connectivity index is 2.24. The SMILES string of the molecule is CCCCC1=NN(C=O)CC1c1ccccc1F. The second-order valence-electron chi connectivity index (χ2n) is 4.50. The van der Waals surface area contributed by atoms with Crippen LogP contribution in [0.3, 0.4) is 0 Å². The van der Waals surface area contributed by atoms with Crippen molar-refractivity contribution in [2.45, 2.75) is 32.1 Å². The zero-order valence-corrected chi connectivity index (χ0v) is 10.5. The van der Waals surface area contributed by atoms with Crippen molar-refractivity contribution in [2.75, 3.05) is 6.54 Å². The van der Waals surface area contributed by atoms with Crippen molar-refractivity contribution in [2.24, 2.45) is 5.10 Å². The number of hydrazone groups is 1. The Labute approximate surface area is 106 Å². The second kappa shape index (κ2) is 5.76. The van der Waals surface area contributed by atoms with Gasteiger partial charge < -0.3 is 0 Å². The number of hydrogen-bond donors (Lipinski definition) is 0. The van der Waals surface area contributed by atoms with Crippen LogP contribution < -0.4 is 0 Å². The van der Waals surface area contributed by atoms with Gasteiger partial charge in [-0.25, -0.2) is 9.40 Å². The lowest BCUT2D eigenvalue weighted by molar-refractivity contribution is -0.117. The van der Waals surface area contributed by atoms with Gasteiger partial charge in [0.1, 0.15) is 5.82 Å². The van der Waals surface area contributed by atoms with Crippen molar-refractivity contribution in [1.29, 1.82) is 0 Å². The first-order chi connectivity index (χ1) is 8.76. The summed E-state index contributed by atoms with van der Waals surface area (Å²) >= 11 is 0. The third-order valence-electron chi connectivity index (χ3n) is 3.22. The van der Waals surface area contributed by atoms with E-state index >= 15 is 0 Å². The molecule has 0 saturated heterocycles. The first kappa shape index (κ1) is 12.7. The molecule has 1 atom stereocenters. The van der Waals surface area contributed by atoms with E-state index in [1.807, 2.05) is 6.07 Å². The summed E-state index contributed by atoms with van der Waals surface area (Å²) in [6.07, 6.45) is 3.59. The lowest BCUT2D eigenvalue weighted by Crippen LogP contribution is -2.18. The summed E-state index contributed by atoms with van der Waals surface area (Å²) in [5, 5.41) is 5.62. The van der Waals surface area contributed by atoms with Gasteiger partial charge in [0.05, 0.1) is 6.54 Å². The van der Waals surface area contributed by atoms with E-state index in [9.17, 15) is 9.18 Å². The van der Waals surface area contributed by atoms with E-state index in [0.29, 0.717) is 18.5 Å². The van der Waals surface area contributed by atoms with Gasteiger partial charge in [-0.15, -0.1) is 0 Å². The summed E-state index contributed by atoms with van der Waals surface area (Å²) in [6.45, 7) is 2.55. The Bertz CT molecular complexity index is 459. The Hall–Kier alpha value is -1.71. The monoisotopic (exact) mass is 248 g/mol. The molecule has 1 aliphatic heterocycles. The van der Waals surface area contributed by atoms with E-state index in [1.54, 1.807) is 12.1 Å². The Morgan fingerprint density at radius 2 is 2.28 bits per heavy atom. The van der Waals surface area contributed by atoms with Gasteiger partial charge in [-0.05, 0) is 24.5 Å². The molecule has 0 saturated carbocycles. The topological polar surface area (TPSA) is 32.7 Å². The average Bonchev–Trinajstić information content (AvgIpc) is 2.80. The number of carbonyl (C=O) groups excluding carboxylic acids is 1. The maximum Gasteiger partial charge on any atom is 0.229 e. The highest BCUT2D eigenvalue weighted by Gasteiger charge is 2.29. The summed E-state index contributed by atoms with van der Waals surface area (Å²) in [6, 6.07) is 6.72. The summed E-state index contributed by atoms with van der Waals surface area (Å²) in [5.74, 6) is -0.317. The van der Waals surface area contributed by atoms with Crippen molar-refractivity contribution in [1.82, 2.24) is 5.01 Å². The molecule has 1 unspecified atom stereocenters. The molecule has 0 aliphatic carbocycles. The highest BCUT2D eigenvalue weighted by atomic mass is 19.1. The van der Waals surface area contributed by atoms with Gasteiger partial charge >= 0.3 is 0 Å². The lowest BCUT2D eigenvalue weighted by atomic mass is 9.91. The molecule has 1 aliphatic rings. The molecule has 3 nitrogen and oxygen atoms in total. The zero-order valence-electron chi connectivity index (χ0n) is 10.5. The molecule has 0 spiro atoms. The van der Waals surface area contributed by atoms with E-state index in [2.05, 4.69) is 12.0 Å². The molecule has 1 aromatic carbocycles. The van der Waals surface area contributed by atoms with Crippen molar-refractivity contribution in [3.05, 3.63) is 35.6 Å². The van der Waals surface area contributed by atoms with Crippen LogP contribution in [0.15, 0.2) is 29.4 Å². The summed E-state index contributed by atoms with van der Waals surface area (Å²) in [7, 11) is 0. The summed E-state index contributed by atoms with van der Waals surface area (Å²) in [5.41, 5.74) is 1.55. The molecule has 18 heavy (non-hydrogen) atoms. The molecule has 0 radical (unpaired) electrons. The van der Waals surface area contributed by atoms with Crippen molar-refractivity contribution < 1.29 is 9.18 Å². The normalized spacial score (nSPS) is 18.9. The van der Waals surface area contributed by atoms with Gasteiger partial charge in [-0.1, -0.05) is 31.5 Å². The number of unbranched alkanes of at least 4 members (excludes halogenated alkanes) is 1. The number of carbonyl (C=O) groups is 1. The average molecular weight is 248 g/mol. The number of nitrogens with zero attached hydrogens (tertiary/aromatic N) is 2. The van der Waals surface area contributed by atoms with Gasteiger partial charge in [-0.3, -0.25) is 4.79 Å². The summed E-state index contributed by atoms with van der Waals surface area (Å²) in [4.78, 5) is 10.8. The molecule has 96 valence electrons. The van der Waals surface area contributed by atoms with Gasteiger partial charge in [0.2, 0.25) is 6.41 Å². The fraction of sp³-hybridized carbons (Fsp3) is 0.429. The van der Waals surface area contributed by atoms with Crippen LogP contribution in [0, 0.1) is 5.82 Å². The van der Waals surface area contributed by atoms with Gasteiger partial charge in [0, 0.05) is 11.6 Å². The van der Waals surface area contributed by atoms with Crippen LogP contribution in [-0.2, 0) is 4.79 Å². The van der Waals surface area contributed by atoms with E-state index < -0.39 is 0 Å². The third kappa shape index (κ3) is 2.58. The predicted octanol–water partition coefficient (Wildman–Crippen LogP) is 2.93. The maximum absolute atomic E-state index is 13.8. The fourth-order valence-corrected chi connectivity index (χ4v) is 2.25. The van der Waals surface area contributed by atoms with E-state index in [-0.39, 0.29) is 11.7 Å². The van der Waals surface area contributed by atoms with E-state index in [0.717, 1.165) is 25.0 Å². The fourth-order valence-electron chi connectivity index (χ4n) is 2.25. The van der Waals surface area contributed by atoms with Crippen LogP contribution in [-0.4, -0.2) is 23.7 Å². The highest BCUT2D eigenvalue weighted by Crippen LogP contribution is 2.28. The molecule has 0 aromatic heterocycles. The minimum atomic E-state index is -0.223. The van der Waals surface area contributed by atoms with E-state index in [1.165, 1.54) is 11.1 Å². The van der Waals surface area contributed by atoms with Gasteiger partial charge in [-0.2, -0.15) is 5.10 Å². The zero-order chi connectivity index (χ0) is 13.0. The summed E-state index contributed by atoms with van der Waals surface area (Å²) < 4.78 is 13.8. The smallest absolute Gasteiger partial charge is 0.229 e. The molecule has 4 heteroatoms. The molecule has 1 heterocycles. The number of amides is 1. The first-order valence-electron chi connectivity index (χ1n) is 6.30. The van der Waals surface area contributed by atoms with Crippen molar-refractivity contribution in [3.8, 4) is 0 Å². The Morgan fingerprint density at radius 3 is 2.94 bits per heavy atom. The molecule has 0 bridgehead atoms. The second-order valence-corrected chi connectivity index (χ2v) is 4.50. The minimum Gasteiger partial charge on any atom is -0.277 e. The quantitative estimate of drug-likeness (QED) is 0.737. The standard InChI is InChI=1S/C14H17FN2O/c1-2-3-8-14-12(9-17(10-18)16-14)11-6-4-5-7-13(11)15/h4-7,10,12H,2-3,8-9H2,1H3. The lowest BCUT2D eigenvalue weighted by Gasteiger charge is -2.13. The molecule has 1 amide bonds. The highest BCUT2D eigenvalue weighted by molar-refractivity contribution is 5.93. The van der Waals surface area contributed by atoms with Crippen molar-refractivity contribution in [3.63, 3.8) is 0 Å². The maximum atomic E-state index is 13.8. The largest absolute Gasteiger partial charge is 0.277 e. The molecule has 0 fully saturated rings. The van der Waals surface area contributed by atoms with Crippen LogP contribution in [0.4, 0.5) is 4.39 Å². The van der Waals surface area contributed by atoms with Crippen LogP contribution in [0.5, 0.6) is 0 Å². The Morgan fingerprint density at radius 1 is 1.50 bits per heavy atom. The Kier molecular flexibility index (Phi) is 4.07. The molecular formula is C14H17FN2O.